The van der Waals surface area contributed by atoms with Crippen LogP contribution in [0.1, 0.15) is 32.1 Å². The summed E-state index contributed by atoms with van der Waals surface area (Å²) in [5.41, 5.74) is 2.02. The predicted molar refractivity (Wildman–Crippen MR) is 91.9 cm³/mol. The molecule has 116 valence electrons. The van der Waals surface area contributed by atoms with E-state index in [4.69, 9.17) is 16.6 Å². The van der Waals surface area contributed by atoms with E-state index in [9.17, 15) is 4.79 Å². The van der Waals surface area contributed by atoms with E-state index < -0.39 is 0 Å². The number of rotatable bonds is 3. The van der Waals surface area contributed by atoms with Crippen LogP contribution < -0.4 is 10.6 Å². The van der Waals surface area contributed by atoms with Crippen molar-refractivity contribution in [1.29, 1.82) is 0 Å². The van der Waals surface area contributed by atoms with Crippen molar-refractivity contribution >= 4 is 28.8 Å². The minimum atomic E-state index is -0.329. The predicted octanol–water partition coefficient (Wildman–Crippen LogP) is 3.63. The number of furan rings is 1. The lowest BCUT2D eigenvalue weighted by Crippen LogP contribution is -2.33. The van der Waals surface area contributed by atoms with Gasteiger partial charge < -0.3 is 15.1 Å². The minimum absolute atomic E-state index is 0.0858. The highest BCUT2D eigenvalue weighted by Gasteiger charge is 2.14. The van der Waals surface area contributed by atoms with Crippen LogP contribution in [0.2, 0.25) is 0 Å². The molecule has 1 aromatic carbocycles. The fourth-order valence-corrected chi connectivity index (χ4v) is 2.03. The van der Waals surface area contributed by atoms with Gasteiger partial charge >= 0.3 is 0 Å². The van der Waals surface area contributed by atoms with Crippen LogP contribution in [-0.2, 0) is 16.8 Å². The summed E-state index contributed by atoms with van der Waals surface area (Å²) in [6, 6.07) is 11.4. The summed E-state index contributed by atoms with van der Waals surface area (Å²) in [5, 5.41) is 5.64. The maximum atomic E-state index is 12.0. The summed E-state index contributed by atoms with van der Waals surface area (Å²) in [6.07, 6.45) is 1.58. The fraction of sp³-hybridized carbons (Fsp3) is 0.294. The maximum absolute atomic E-state index is 12.0. The largest absolute Gasteiger partial charge is 0.467 e. The monoisotopic (exact) mass is 316 g/mol. The molecule has 0 aliphatic rings. The van der Waals surface area contributed by atoms with E-state index in [0.717, 1.165) is 11.4 Å². The first-order chi connectivity index (χ1) is 10.4. The zero-order valence-electron chi connectivity index (χ0n) is 13.0. The number of thiocarbonyl (C=S) groups is 1. The highest BCUT2D eigenvalue weighted by Crippen LogP contribution is 2.23. The highest BCUT2D eigenvalue weighted by molar-refractivity contribution is 7.82. The molecule has 0 aliphatic heterocycles. The Morgan fingerprint density at radius 3 is 2.41 bits per heavy atom. The molecule has 0 fully saturated rings. The fourth-order valence-electron chi connectivity index (χ4n) is 1.90. The number of hydrogen-bond donors (Lipinski definition) is 2. The summed E-state index contributed by atoms with van der Waals surface area (Å²) in [7, 11) is 0. The zero-order chi connectivity index (χ0) is 16.2. The van der Waals surface area contributed by atoms with Gasteiger partial charge in [-0.15, -0.1) is 0 Å². The molecule has 0 radical (unpaired) electrons. The van der Waals surface area contributed by atoms with Gasteiger partial charge in [0, 0.05) is 5.69 Å². The number of benzene rings is 1. The molecule has 0 unspecified atom stereocenters. The van der Waals surface area contributed by atoms with E-state index >= 15 is 0 Å². The van der Waals surface area contributed by atoms with Gasteiger partial charge in [0.2, 0.25) is 0 Å². The summed E-state index contributed by atoms with van der Waals surface area (Å²) in [6.45, 7) is 6.83. The number of nitrogens with one attached hydrogen (secondary N) is 2. The number of anilines is 1. The molecule has 5 heteroatoms. The number of carbonyl (C=O) groups is 1. The first-order valence-corrected chi connectivity index (χ1v) is 7.49. The van der Waals surface area contributed by atoms with E-state index in [1.165, 1.54) is 5.56 Å². The van der Waals surface area contributed by atoms with Crippen molar-refractivity contribution in [3.8, 4) is 0 Å². The van der Waals surface area contributed by atoms with Crippen molar-refractivity contribution in [3.05, 3.63) is 54.0 Å². The van der Waals surface area contributed by atoms with Gasteiger partial charge in [-0.2, -0.15) is 0 Å². The molecule has 0 bridgehead atoms. The summed E-state index contributed by atoms with van der Waals surface area (Å²) >= 11 is 5.07. The quantitative estimate of drug-likeness (QED) is 0.849. The third-order valence-corrected chi connectivity index (χ3v) is 3.55. The smallest absolute Gasteiger partial charge is 0.283 e. The average Bonchev–Trinajstić information content (AvgIpc) is 2.97. The Morgan fingerprint density at radius 2 is 1.86 bits per heavy atom. The Bertz CT molecular complexity index is 640. The number of hydrogen-bond acceptors (Lipinski definition) is 3. The van der Waals surface area contributed by atoms with Crippen molar-refractivity contribution in [2.75, 3.05) is 5.32 Å². The first-order valence-electron chi connectivity index (χ1n) is 7.08. The Balaban J connectivity index is 1.89. The van der Waals surface area contributed by atoms with E-state index in [2.05, 4.69) is 31.4 Å². The standard InChI is InChI=1S/C17H20N2O2S/c1-17(2,3)12-6-8-13(9-7-12)19-15(20)16(22)18-11-14-5-4-10-21-14/h4-10H,11H2,1-3H3,(H,18,22)(H,19,20). The Kier molecular flexibility index (Phi) is 4.98. The summed E-state index contributed by atoms with van der Waals surface area (Å²) in [5.74, 6) is 0.398. The van der Waals surface area contributed by atoms with Gasteiger partial charge in [0.05, 0.1) is 12.8 Å². The Hall–Kier alpha value is -2.14. The van der Waals surface area contributed by atoms with E-state index in [1.54, 1.807) is 12.3 Å². The van der Waals surface area contributed by atoms with Gasteiger partial charge in [-0.1, -0.05) is 45.1 Å². The third kappa shape index (κ3) is 4.43. The van der Waals surface area contributed by atoms with Gasteiger partial charge in [0.1, 0.15) is 5.76 Å². The SMILES string of the molecule is CC(C)(C)c1ccc(NC(=O)C(=S)NCc2ccco2)cc1. The average molecular weight is 316 g/mol. The number of carbonyl (C=O) groups excluding carboxylic acids is 1. The van der Waals surface area contributed by atoms with Gasteiger partial charge in [0.15, 0.2) is 4.99 Å². The molecular weight excluding hydrogens is 296 g/mol. The van der Waals surface area contributed by atoms with E-state index in [-0.39, 0.29) is 16.3 Å². The van der Waals surface area contributed by atoms with Crippen molar-refractivity contribution < 1.29 is 9.21 Å². The molecule has 0 saturated carbocycles. The second kappa shape index (κ2) is 6.75. The van der Waals surface area contributed by atoms with Gasteiger partial charge in [-0.3, -0.25) is 4.79 Å². The molecule has 2 aromatic rings. The lowest BCUT2D eigenvalue weighted by molar-refractivity contribution is -0.110. The topological polar surface area (TPSA) is 54.3 Å². The zero-order valence-corrected chi connectivity index (χ0v) is 13.8. The van der Waals surface area contributed by atoms with Crippen LogP contribution in [0.5, 0.6) is 0 Å². The van der Waals surface area contributed by atoms with Crippen LogP contribution in [0.3, 0.4) is 0 Å². The van der Waals surface area contributed by atoms with Crippen molar-refractivity contribution in [3.63, 3.8) is 0 Å². The van der Waals surface area contributed by atoms with E-state index in [1.807, 2.05) is 30.3 Å². The molecule has 0 saturated heterocycles. The van der Waals surface area contributed by atoms with Gasteiger partial charge in [0.25, 0.3) is 5.91 Å². The molecule has 1 heterocycles. The molecule has 1 aromatic heterocycles. The normalized spacial score (nSPS) is 11.0. The first kappa shape index (κ1) is 16.2. The number of amides is 1. The van der Waals surface area contributed by atoms with Crippen molar-refractivity contribution in [2.45, 2.75) is 32.7 Å². The molecule has 0 atom stereocenters. The second-order valence-electron chi connectivity index (χ2n) is 6.04. The third-order valence-electron chi connectivity index (χ3n) is 3.22. The molecule has 2 rings (SSSR count). The molecule has 22 heavy (non-hydrogen) atoms. The molecule has 4 nitrogen and oxygen atoms in total. The highest BCUT2D eigenvalue weighted by atomic mass is 32.1. The van der Waals surface area contributed by atoms with Crippen LogP contribution in [0.25, 0.3) is 0 Å². The Labute approximate surface area is 135 Å². The molecule has 0 spiro atoms. The van der Waals surface area contributed by atoms with Gasteiger partial charge in [-0.25, -0.2) is 0 Å². The maximum Gasteiger partial charge on any atom is 0.283 e. The Morgan fingerprint density at radius 1 is 1.18 bits per heavy atom. The van der Waals surface area contributed by atoms with Crippen molar-refractivity contribution in [1.82, 2.24) is 5.32 Å². The molecule has 2 N–H and O–H groups in total. The van der Waals surface area contributed by atoms with Crippen LogP contribution in [-0.4, -0.2) is 10.9 Å². The van der Waals surface area contributed by atoms with Crippen LogP contribution in [0.4, 0.5) is 5.69 Å². The lowest BCUT2D eigenvalue weighted by atomic mass is 9.87. The molecule has 1 amide bonds. The molecule has 0 aliphatic carbocycles. The van der Waals surface area contributed by atoms with Crippen LogP contribution in [0.15, 0.2) is 47.1 Å². The van der Waals surface area contributed by atoms with Crippen LogP contribution >= 0.6 is 12.2 Å². The summed E-state index contributed by atoms with van der Waals surface area (Å²) < 4.78 is 5.17. The van der Waals surface area contributed by atoms with Crippen molar-refractivity contribution in [2.24, 2.45) is 0 Å². The second-order valence-corrected chi connectivity index (χ2v) is 6.45. The summed E-state index contributed by atoms with van der Waals surface area (Å²) in [4.78, 5) is 12.1. The lowest BCUT2D eigenvalue weighted by Gasteiger charge is -2.19. The van der Waals surface area contributed by atoms with Gasteiger partial charge in [-0.05, 0) is 35.2 Å². The minimum Gasteiger partial charge on any atom is -0.467 e. The van der Waals surface area contributed by atoms with E-state index in [0.29, 0.717) is 6.54 Å². The molecular formula is C17H20N2O2S. The van der Waals surface area contributed by atoms with Crippen LogP contribution in [0, 0.1) is 0 Å².